The maximum absolute atomic E-state index is 13.5. The molecule has 12 heteroatoms. The van der Waals surface area contributed by atoms with E-state index in [0.717, 1.165) is 30.8 Å². The standard InChI is InChI=1S/C34H31N7O5/c1-3-14-40-32(43)27-18-35-33(36-25-10-9-23-13-15-38(2)19-24(23)16-25)37-31(27)41(40)26-11-12-29-28(17-26)39(34(44)46-29)20-30(42)45-21-22-7-5-4-6-8-22/h3-12,16-18H,1,13-15,19-21H2,2H3,(H,35,36,37). The fraction of sp³-hybridized carbons (Fsp3) is 0.206. The van der Waals surface area contributed by atoms with Crippen molar-refractivity contribution in [1.29, 1.82) is 0 Å². The fourth-order valence-corrected chi connectivity index (χ4v) is 5.79. The van der Waals surface area contributed by atoms with Crippen LogP contribution in [0.5, 0.6) is 0 Å². The molecule has 1 aliphatic heterocycles. The summed E-state index contributed by atoms with van der Waals surface area (Å²) in [5.41, 5.74) is 5.49. The predicted octanol–water partition coefficient (Wildman–Crippen LogP) is 4.15. The largest absolute Gasteiger partial charge is 0.459 e. The van der Waals surface area contributed by atoms with Gasteiger partial charge in [-0.15, -0.1) is 6.58 Å². The minimum atomic E-state index is -0.699. The highest BCUT2D eigenvalue weighted by molar-refractivity contribution is 5.81. The van der Waals surface area contributed by atoms with Gasteiger partial charge in [-0.25, -0.2) is 19.1 Å². The molecule has 0 amide bonds. The van der Waals surface area contributed by atoms with E-state index in [-0.39, 0.29) is 30.8 Å². The van der Waals surface area contributed by atoms with Gasteiger partial charge in [-0.1, -0.05) is 42.5 Å². The molecule has 12 nitrogen and oxygen atoms in total. The number of anilines is 2. The lowest BCUT2D eigenvalue weighted by atomic mass is 9.99. The Hall–Kier alpha value is -5.75. The highest BCUT2D eigenvalue weighted by Gasteiger charge is 2.20. The molecule has 0 saturated heterocycles. The number of allylic oxidation sites excluding steroid dienone is 1. The highest BCUT2D eigenvalue weighted by atomic mass is 16.5. The van der Waals surface area contributed by atoms with Crippen LogP contribution in [0.1, 0.15) is 16.7 Å². The molecule has 3 aromatic heterocycles. The summed E-state index contributed by atoms with van der Waals surface area (Å²) in [6.45, 7) is 5.63. The maximum atomic E-state index is 13.5. The third-order valence-electron chi connectivity index (χ3n) is 8.07. The van der Waals surface area contributed by atoms with E-state index in [1.165, 1.54) is 26.6 Å². The van der Waals surface area contributed by atoms with Crippen LogP contribution >= 0.6 is 0 Å². The molecule has 6 aromatic rings. The molecule has 1 N–H and O–H groups in total. The Morgan fingerprint density at radius 1 is 1.09 bits per heavy atom. The second-order valence-electron chi connectivity index (χ2n) is 11.3. The third kappa shape index (κ3) is 5.50. The van der Waals surface area contributed by atoms with Crippen molar-refractivity contribution < 1.29 is 13.9 Å². The summed E-state index contributed by atoms with van der Waals surface area (Å²) >= 11 is 0. The summed E-state index contributed by atoms with van der Waals surface area (Å²) in [6, 6.07) is 20.5. The van der Waals surface area contributed by atoms with Crippen LogP contribution < -0.4 is 16.6 Å². The fourth-order valence-electron chi connectivity index (χ4n) is 5.79. The predicted molar refractivity (Wildman–Crippen MR) is 173 cm³/mol. The number of carbonyl (C=O) groups excluding carboxylic acids is 1. The van der Waals surface area contributed by atoms with Crippen LogP contribution in [0, 0.1) is 0 Å². The summed E-state index contributed by atoms with van der Waals surface area (Å²) in [5, 5.41) is 3.60. The lowest BCUT2D eigenvalue weighted by Crippen LogP contribution is -2.26. The zero-order valence-corrected chi connectivity index (χ0v) is 25.2. The Labute approximate surface area is 262 Å². The molecule has 0 saturated carbocycles. The van der Waals surface area contributed by atoms with Crippen LogP contribution in [0.25, 0.3) is 27.8 Å². The molecule has 232 valence electrons. The molecule has 0 aliphatic carbocycles. The number of likely N-dealkylation sites (N-methyl/N-ethyl adjacent to an activating group) is 1. The molecule has 0 radical (unpaired) electrons. The quantitative estimate of drug-likeness (QED) is 0.188. The van der Waals surface area contributed by atoms with Crippen molar-refractivity contribution in [3.8, 4) is 5.69 Å². The molecule has 0 bridgehead atoms. The minimum Gasteiger partial charge on any atom is -0.459 e. The third-order valence-corrected chi connectivity index (χ3v) is 8.07. The van der Waals surface area contributed by atoms with Gasteiger partial charge < -0.3 is 19.4 Å². The normalized spacial score (nSPS) is 13.2. The van der Waals surface area contributed by atoms with E-state index < -0.39 is 11.7 Å². The van der Waals surface area contributed by atoms with Gasteiger partial charge in [0, 0.05) is 25.0 Å². The molecule has 3 aromatic carbocycles. The van der Waals surface area contributed by atoms with Crippen molar-refractivity contribution in [3.05, 3.63) is 123 Å². The maximum Gasteiger partial charge on any atom is 0.420 e. The first kappa shape index (κ1) is 29.0. The first-order valence-electron chi connectivity index (χ1n) is 14.9. The second kappa shape index (κ2) is 12.0. The van der Waals surface area contributed by atoms with Crippen LogP contribution in [0.4, 0.5) is 11.6 Å². The van der Waals surface area contributed by atoms with Gasteiger partial charge in [0.1, 0.15) is 18.5 Å². The van der Waals surface area contributed by atoms with Crippen molar-refractivity contribution in [2.75, 3.05) is 18.9 Å². The summed E-state index contributed by atoms with van der Waals surface area (Å²) < 4.78 is 15.2. The van der Waals surface area contributed by atoms with Gasteiger partial charge in [0.15, 0.2) is 11.2 Å². The van der Waals surface area contributed by atoms with Crippen LogP contribution in [-0.4, -0.2) is 48.4 Å². The molecule has 4 heterocycles. The molecular formula is C34H31N7O5. The Morgan fingerprint density at radius 3 is 2.76 bits per heavy atom. The molecule has 0 spiro atoms. The number of rotatable bonds is 9. The molecule has 0 unspecified atom stereocenters. The Bertz CT molecular complexity index is 2230. The number of fused-ring (bicyclic) bond motifs is 3. The van der Waals surface area contributed by atoms with Gasteiger partial charge in [0.05, 0.1) is 17.7 Å². The van der Waals surface area contributed by atoms with Gasteiger partial charge in [0.2, 0.25) is 5.95 Å². The summed E-state index contributed by atoms with van der Waals surface area (Å²) in [6.07, 6.45) is 4.12. The number of nitrogens with zero attached hydrogens (tertiary/aromatic N) is 6. The van der Waals surface area contributed by atoms with Crippen LogP contribution in [-0.2, 0) is 42.2 Å². The second-order valence-corrected chi connectivity index (χ2v) is 11.3. The van der Waals surface area contributed by atoms with E-state index >= 15 is 0 Å². The van der Waals surface area contributed by atoms with Gasteiger partial charge in [0.25, 0.3) is 5.56 Å². The molecule has 7 rings (SSSR count). The number of esters is 1. The van der Waals surface area contributed by atoms with Gasteiger partial charge >= 0.3 is 11.7 Å². The van der Waals surface area contributed by atoms with Crippen LogP contribution in [0.2, 0.25) is 0 Å². The van der Waals surface area contributed by atoms with Crippen molar-refractivity contribution >= 4 is 39.7 Å². The van der Waals surface area contributed by atoms with Crippen molar-refractivity contribution in [3.63, 3.8) is 0 Å². The number of aromatic nitrogens is 5. The van der Waals surface area contributed by atoms with Crippen molar-refractivity contribution in [2.45, 2.75) is 32.7 Å². The number of hydrogen-bond donors (Lipinski definition) is 1. The van der Waals surface area contributed by atoms with E-state index in [4.69, 9.17) is 14.1 Å². The lowest BCUT2D eigenvalue weighted by Gasteiger charge is -2.25. The first-order valence-corrected chi connectivity index (χ1v) is 14.9. The first-order chi connectivity index (χ1) is 22.4. The number of oxazole rings is 1. The SMILES string of the molecule is C=CCn1c(=O)c2cnc(Nc3ccc4c(c3)CN(C)CC4)nc2n1-c1ccc2oc(=O)n(CC(=O)OCc3ccccc3)c2c1. The summed E-state index contributed by atoms with van der Waals surface area (Å²) in [7, 11) is 2.10. The summed E-state index contributed by atoms with van der Waals surface area (Å²) in [4.78, 5) is 50.5. The Balaban J connectivity index is 1.25. The van der Waals surface area contributed by atoms with Crippen LogP contribution in [0.15, 0.2) is 99.6 Å². The molecule has 0 atom stereocenters. The van der Waals surface area contributed by atoms with E-state index in [1.807, 2.05) is 36.4 Å². The van der Waals surface area contributed by atoms with Crippen molar-refractivity contribution in [2.24, 2.45) is 0 Å². The van der Waals surface area contributed by atoms with Crippen molar-refractivity contribution in [1.82, 2.24) is 28.8 Å². The molecular weight excluding hydrogens is 586 g/mol. The average molecular weight is 618 g/mol. The Kier molecular flexibility index (Phi) is 7.55. The monoisotopic (exact) mass is 617 g/mol. The smallest absolute Gasteiger partial charge is 0.420 e. The number of carbonyl (C=O) groups is 1. The summed E-state index contributed by atoms with van der Waals surface area (Å²) in [5.74, 6) is -0.968. The zero-order valence-electron chi connectivity index (χ0n) is 25.2. The Morgan fingerprint density at radius 2 is 1.93 bits per heavy atom. The number of benzene rings is 3. The van der Waals surface area contributed by atoms with Gasteiger partial charge in [-0.05, 0) is 60.5 Å². The number of ether oxygens (including phenoxy) is 1. The molecule has 0 fully saturated rings. The van der Waals surface area contributed by atoms with E-state index in [2.05, 4.69) is 41.0 Å². The lowest BCUT2D eigenvalue weighted by molar-refractivity contribution is -0.145. The van der Waals surface area contributed by atoms with Crippen LogP contribution in [0.3, 0.4) is 0 Å². The molecule has 1 aliphatic rings. The van der Waals surface area contributed by atoms with E-state index in [0.29, 0.717) is 28.2 Å². The topological polar surface area (TPSA) is 129 Å². The zero-order chi connectivity index (χ0) is 31.8. The highest BCUT2D eigenvalue weighted by Crippen LogP contribution is 2.25. The number of nitrogens with one attached hydrogen (secondary N) is 1. The molecule has 46 heavy (non-hydrogen) atoms. The number of hydrogen-bond acceptors (Lipinski definition) is 9. The van der Waals surface area contributed by atoms with E-state index in [1.54, 1.807) is 29.0 Å². The average Bonchev–Trinajstić information content (AvgIpc) is 3.51. The van der Waals surface area contributed by atoms with Gasteiger partial charge in [-0.2, -0.15) is 4.98 Å². The minimum absolute atomic E-state index is 0.0806. The van der Waals surface area contributed by atoms with E-state index in [9.17, 15) is 14.4 Å². The van der Waals surface area contributed by atoms with Gasteiger partial charge in [-0.3, -0.25) is 14.2 Å².